The number of ether oxygens (including phenoxy) is 1. The first-order valence-corrected chi connectivity index (χ1v) is 7.02. The van der Waals surface area contributed by atoms with E-state index in [1.165, 1.54) is 17.0 Å². The van der Waals surface area contributed by atoms with E-state index in [0.29, 0.717) is 11.6 Å². The Hall–Kier alpha value is -2.80. The molecule has 0 fully saturated rings. The number of hydrogen-bond donors (Lipinski definition) is 1. The molecule has 23 heavy (non-hydrogen) atoms. The van der Waals surface area contributed by atoms with Gasteiger partial charge >= 0.3 is 5.69 Å². The standard InChI is InChI=1S/C15H12ClN3O4/c1-22-11-4-2-9(3-5-11)14-17-10(8-23-14)6-19-7-12(16)13(20)18-15(19)21/h2-5,7-8H,6H2,1H3,(H,18,20,21). The fourth-order valence-electron chi connectivity index (χ4n) is 2.02. The Morgan fingerprint density at radius 3 is 2.74 bits per heavy atom. The summed E-state index contributed by atoms with van der Waals surface area (Å²) < 4.78 is 11.8. The van der Waals surface area contributed by atoms with Gasteiger partial charge in [0.15, 0.2) is 0 Å². The number of benzene rings is 1. The lowest BCUT2D eigenvalue weighted by Gasteiger charge is -2.02. The van der Waals surface area contributed by atoms with Crippen LogP contribution < -0.4 is 16.0 Å². The van der Waals surface area contributed by atoms with Crippen molar-refractivity contribution in [2.75, 3.05) is 7.11 Å². The monoisotopic (exact) mass is 333 g/mol. The number of rotatable bonds is 4. The van der Waals surface area contributed by atoms with Gasteiger partial charge in [-0.3, -0.25) is 14.3 Å². The summed E-state index contributed by atoms with van der Waals surface area (Å²) in [4.78, 5) is 29.4. The molecule has 0 spiro atoms. The second-order valence-corrected chi connectivity index (χ2v) is 5.14. The summed E-state index contributed by atoms with van der Waals surface area (Å²) >= 11 is 5.72. The van der Waals surface area contributed by atoms with Crippen LogP contribution in [0, 0.1) is 0 Å². The molecule has 0 aliphatic rings. The maximum Gasteiger partial charge on any atom is 0.328 e. The molecule has 1 aromatic carbocycles. The van der Waals surface area contributed by atoms with Gasteiger partial charge in [0.25, 0.3) is 5.56 Å². The first kappa shape index (κ1) is 15.1. The first-order chi connectivity index (χ1) is 11.1. The highest BCUT2D eigenvalue weighted by Crippen LogP contribution is 2.21. The highest BCUT2D eigenvalue weighted by atomic mass is 35.5. The second kappa shape index (κ2) is 6.13. The minimum absolute atomic E-state index is 0.0662. The minimum atomic E-state index is -0.619. The van der Waals surface area contributed by atoms with Crippen molar-refractivity contribution in [2.24, 2.45) is 0 Å². The van der Waals surface area contributed by atoms with Crippen molar-refractivity contribution in [1.29, 1.82) is 0 Å². The second-order valence-electron chi connectivity index (χ2n) is 4.74. The predicted octanol–water partition coefficient (Wildman–Crippen LogP) is 1.90. The Bertz CT molecular complexity index is 940. The Kier molecular flexibility index (Phi) is 4.03. The van der Waals surface area contributed by atoms with Crippen LogP contribution in [0.2, 0.25) is 5.02 Å². The van der Waals surface area contributed by atoms with Crippen molar-refractivity contribution in [2.45, 2.75) is 6.54 Å². The zero-order chi connectivity index (χ0) is 16.4. The van der Waals surface area contributed by atoms with E-state index in [2.05, 4.69) is 9.97 Å². The molecule has 0 saturated heterocycles. The third kappa shape index (κ3) is 3.19. The SMILES string of the molecule is COc1ccc(-c2nc(Cn3cc(Cl)c(=O)[nH]c3=O)co2)cc1. The van der Waals surface area contributed by atoms with Crippen LogP contribution in [0.25, 0.3) is 11.5 Å². The largest absolute Gasteiger partial charge is 0.497 e. The Morgan fingerprint density at radius 1 is 1.30 bits per heavy atom. The topological polar surface area (TPSA) is 90.1 Å². The molecule has 1 N–H and O–H groups in total. The molecular weight excluding hydrogens is 322 g/mol. The number of aromatic amines is 1. The number of H-pyrrole nitrogens is 1. The summed E-state index contributed by atoms with van der Waals surface area (Å²) in [6.45, 7) is 0.134. The molecule has 3 aromatic rings. The molecule has 0 unspecified atom stereocenters. The van der Waals surface area contributed by atoms with Crippen LogP contribution in [0.3, 0.4) is 0 Å². The number of oxazole rings is 1. The summed E-state index contributed by atoms with van der Waals surface area (Å²) in [6, 6.07) is 7.23. The molecule has 8 heteroatoms. The van der Waals surface area contributed by atoms with Gasteiger partial charge in [0.1, 0.15) is 17.0 Å². The van der Waals surface area contributed by atoms with E-state index in [4.69, 9.17) is 20.8 Å². The van der Waals surface area contributed by atoms with Crippen LogP contribution in [0.4, 0.5) is 0 Å². The fourth-order valence-corrected chi connectivity index (χ4v) is 2.19. The number of halogens is 1. The molecule has 0 amide bonds. The molecule has 0 atom stereocenters. The molecule has 0 bridgehead atoms. The molecule has 7 nitrogen and oxygen atoms in total. The zero-order valence-electron chi connectivity index (χ0n) is 12.1. The van der Waals surface area contributed by atoms with Crippen LogP contribution in [-0.2, 0) is 6.54 Å². The lowest BCUT2D eigenvalue weighted by Crippen LogP contribution is -2.30. The summed E-state index contributed by atoms with van der Waals surface area (Å²) in [6.07, 6.45) is 2.72. The van der Waals surface area contributed by atoms with Gasteiger partial charge in [0.05, 0.1) is 19.3 Å². The smallest absolute Gasteiger partial charge is 0.328 e. The van der Waals surface area contributed by atoms with Gasteiger partial charge in [-0.1, -0.05) is 11.6 Å². The van der Waals surface area contributed by atoms with Gasteiger partial charge in [-0.2, -0.15) is 0 Å². The van der Waals surface area contributed by atoms with E-state index in [0.717, 1.165) is 11.3 Å². The van der Waals surface area contributed by atoms with Crippen molar-refractivity contribution >= 4 is 11.6 Å². The molecule has 3 rings (SSSR count). The first-order valence-electron chi connectivity index (χ1n) is 6.65. The normalized spacial score (nSPS) is 10.7. The van der Waals surface area contributed by atoms with Gasteiger partial charge in [-0.25, -0.2) is 9.78 Å². The van der Waals surface area contributed by atoms with Crippen LogP contribution >= 0.6 is 11.6 Å². The van der Waals surface area contributed by atoms with Crippen molar-refractivity contribution < 1.29 is 9.15 Å². The molecule has 2 aromatic heterocycles. The minimum Gasteiger partial charge on any atom is -0.497 e. The predicted molar refractivity (Wildman–Crippen MR) is 83.9 cm³/mol. The summed E-state index contributed by atoms with van der Waals surface area (Å²) in [5, 5.41) is -0.0662. The average molecular weight is 334 g/mol. The summed E-state index contributed by atoms with van der Waals surface area (Å²) in [5.41, 5.74) is 0.130. The number of nitrogens with one attached hydrogen (secondary N) is 1. The van der Waals surface area contributed by atoms with Crippen LogP contribution in [-0.4, -0.2) is 21.6 Å². The lowest BCUT2D eigenvalue weighted by atomic mass is 10.2. The molecule has 0 aliphatic carbocycles. The molecule has 0 aliphatic heterocycles. The van der Waals surface area contributed by atoms with Crippen LogP contribution in [0.15, 0.2) is 50.7 Å². The van der Waals surface area contributed by atoms with Gasteiger partial charge in [-0.05, 0) is 24.3 Å². The number of hydrogen-bond acceptors (Lipinski definition) is 5. The van der Waals surface area contributed by atoms with E-state index in [1.54, 1.807) is 19.2 Å². The summed E-state index contributed by atoms with van der Waals surface area (Å²) in [5.74, 6) is 1.15. The average Bonchev–Trinajstić information content (AvgIpc) is 3.01. The van der Waals surface area contributed by atoms with Crippen LogP contribution in [0.1, 0.15) is 5.69 Å². The fraction of sp³-hybridized carbons (Fsp3) is 0.133. The Labute approximate surface area is 135 Å². The quantitative estimate of drug-likeness (QED) is 0.787. The summed E-state index contributed by atoms with van der Waals surface area (Å²) in [7, 11) is 1.59. The number of nitrogens with zero attached hydrogens (tertiary/aromatic N) is 2. The van der Waals surface area contributed by atoms with E-state index in [9.17, 15) is 9.59 Å². The van der Waals surface area contributed by atoms with Crippen molar-refractivity contribution in [3.05, 3.63) is 68.3 Å². The molecule has 0 saturated carbocycles. The molecule has 118 valence electrons. The number of aromatic nitrogens is 3. The van der Waals surface area contributed by atoms with E-state index in [-0.39, 0.29) is 11.6 Å². The van der Waals surface area contributed by atoms with Gasteiger partial charge < -0.3 is 9.15 Å². The van der Waals surface area contributed by atoms with Crippen molar-refractivity contribution in [3.8, 4) is 17.2 Å². The maximum absolute atomic E-state index is 11.7. The Morgan fingerprint density at radius 2 is 2.04 bits per heavy atom. The zero-order valence-corrected chi connectivity index (χ0v) is 12.8. The lowest BCUT2D eigenvalue weighted by molar-refractivity contribution is 0.415. The highest BCUT2D eigenvalue weighted by Gasteiger charge is 2.09. The number of methoxy groups -OCH3 is 1. The maximum atomic E-state index is 11.7. The third-order valence-electron chi connectivity index (χ3n) is 3.19. The molecule has 2 heterocycles. The molecule has 0 radical (unpaired) electrons. The van der Waals surface area contributed by atoms with Crippen molar-refractivity contribution in [1.82, 2.24) is 14.5 Å². The van der Waals surface area contributed by atoms with Gasteiger partial charge in [0, 0.05) is 11.8 Å². The Balaban J connectivity index is 1.86. The molecular formula is C15H12ClN3O4. The van der Waals surface area contributed by atoms with Gasteiger partial charge in [-0.15, -0.1) is 0 Å². The van der Waals surface area contributed by atoms with E-state index < -0.39 is 11.2 Å². The van der Waals surface area contributed by atoms with Crippen molar-refractivity contribution in [3.63, 3.8) is 0 Å². The third-order valence-corrected chi connectivity index (χ3v) is 3.46. The highest BCUT2D eigenvalue weighted by molar-refractivity contribution is 6.30. The van der Waals surface area contributed by atoms with Crippen LogP contribution in [0.5, 0.6) is 5.75 Å². The van der Waals surface area contributed by atoms with E-state index in [1.807, 2.05) is 12.1 Å². The van der Waals surface area contributed by atoms with Gasteiger partial charge in [0.2, 0.25) is 5.89 Å². The van der Waals surface area contributed by atoms with E-state index >= 15 is 0 Å².